The van der Waals surface area contributed by atoms with E-state index in [1.807, 2.05) is 90.6 Å². The first-order valence-electron chi connectivity index (χ1n) is 6.81. The highest BCUT2D eigenvalue weighted by Gasteiger charge is 1.96. The van der Waals surface area contributed by atoms with Gasteiger partial charge in [0.25, 0.3) is 0 Å². The maximum Gasteiger partial charge on any atom is 0.132 e. The number of para-hydroxylation sites is 1. The van der Waals surface area contributed by atoms with Gasteiger partial charge in [-0.15, -0.1) is 0 Å². The lowest BCUT2D eigenvalue weighted by atomic mass is 10.3. The van der Waals surface area contributed by atoms with Crippen LogP contribution in [0, 0.1) is 0 Å². The van der Waals surface area contributed by atoms with Crippen molar-refractivity contribution in [2.75, 3.05) is 0 Å². The van der Waals surface area contributed by atoms with Crippen molar-refractivity contribution in [3.63, 3.8) is 0 Å². The van der Waals surface area contributed by atoms with Crippen LogP contribution < -0.4 is 10.2 Å². The first kappa shape index (κ1) is 13.2. The molecule has 0 fully saturated rings. The molecule has 0 amide bonds. The summed E-state index contributed by atoms with van der Waals surface area (Å²) in [4.78, 5) is 4.60. The number of pyridine rings is 1. The Balaban J connectivity index is 1.82. The molecule has 1 aromatic heterocycles. The Hall–Kier alpha value is -2.81. The smallest absolute Gasteiger partial charge is 0.132 e. The Bertz CT molecular complexity index is 774. The lowest BCUT2D eigenvalue weighted by Crippen LogP contribution is -2.15. The second kappa shape index (κ2) is 6.09. The number of benzene rings is 2. The molecular formula is C18H16N2O. The molecule has 3 aromatic rings. The van der Waals surface area contributed by atoms with Crippen LogP contribution in [0.1, 0.15) is 0 Å². The second-order valence-electron chi connectivity index (χ2n) is 4.69. The SMILES string of the molecule is Cn1ccccc1=Nc1ccc(Oc2ccccc2)cc1. The van der Waals surface area contributed by atoms with Gasteiger partial charge in [-0.2, -0.15) is 0 Å². The normalized spacial score (nSPS) is 11.4. The van der Waals surface area contributed by atoms with Crippen molar-refractivity contribution >= 4 is 5.69 Å². The van der Waals surface area contributed by atoms with E-state index < -0.39 is 0 Å². The maximum atomic E-state index is 5.76. The summed E-state index contributed by atoms with van der Waals surface area (Å²) >= 11 is 0. The maximum absolute atomic E-state index is 5.76. The second-order valence-corrected chi connectivity index (χ2v) is 4.69. The fourth-order valence-corrected chi connectivity index (χ4v) is 1.98. The number of nitrogens with zero attached hydrogens (tertiary/aromatic N) is 2. The van der Waals surface area contributed by atoms with Gasteiger partial charge in [0, 0.05) is 13.2 Å². The minimum absolute atomic E-state index is 0.803. The Labute approximate surface area is 123 Å². The van der Waals surface area contributed by atoms with E-state index in [0.717, 1.165) is 22.7 Å². The summed E-state index contributed by atoms with van der Waals surface area (Å²) < 4.78 is 7.74. The molecule has 0 saturated carbocycles. The molecule has 3 rings (SSSR count). The van der Waals surface area contributed by atoms with Gasteiger partial charge in [-0.25, -0.2) is 4.99 Å². The number of ether oxygens (including phenoxy) is 1. The van der Waals surface area contributed by atoms with Crippen LogP contribution in [0.4, 0.5) is 5.69 Å². The largest absolute Gasteiger partial charge is 0.457 e. The quantitative estimate of drug-likeness (QED) is 0.709. The predicted molar refractivity (Wildman–Crippen MR) is 83.6 cm³/mol. The highest BCUT2D eigenvalue weighted by Crippen LogP contribution is 2.23. The summed E-state index contributed by atoms with van der Waals surface area (Å²) in [5, 5.41) is 0. The van der Waals surface area contributed by atoms with Gasteiger partial charge in [0.15, 0.2) is 0 Å². The summed E-state index contributed by atoms with van der Waals surface area (Å²) in [6.07, 6.45) is 1.98. The van der Waals surface area contributed by atoms with Gasteiger partial charge in [0.2, 0.25) is 0 Å². The van der Waals surface area contributed by atoms with Crippen molar-refractivity contribution in [1.82, 2.24) is 4.57 Å². The topological polar surface area (TPSA) is 26.5 Å². The van der Waals surface area contributed by atoms with E-state index in [-0.39, 0.29) is 0 Å². The third kappa shape index (κ3) is 3.39. The van der Waals surface area contributed by atoms with E-state index >= 15 is 0 Å². The van der Waals surface area contributed by atoms with Gasteiger partial charge < -0.3 is 9.30 Å². The molecule has 3 heteroatoms. The molecule has 0 bridgehead atoms. The van der Waals surface area contributed by atoms with E-state index in [1.54, 1.807) is 0 Å². The number of aromatic nitrogens is 1. The van der Waals surface area contributed by atoms with Crippen molar-refractivity contribution < 1.29 is 4.74 Å². The van der Waals surface area contributed by atoms with E-state index in [1.165, 1.54) is 0 Å². The number of hydrogen-bond donors (Lipinski definition) is 0. The van der Waals surface area contributed by atoms with Crippen LogP contribution in [0.15, 0.2) is 84.0 Å². The fourth-order valence-electron chi connectivity index (χ4n) is 1.98. The molecule has 104 valence electrons. The third-order valence-electron chi connectivity index (χ3n) is 3.09. The van der Waals surface area contributed by atoms with Crippen LogP contribution in [0.5, 0.6) is 11.5 Å². The molecule has 0 unspecified atom stereocenters. The zero-order valence-corrected chi connectivity index (χ0v) is 11.8. The Kier molecular flexibility index (Phi) is 3.83. The van der Waals surface area contributed by atoms with Gasteiger partial charge in [-0.05, 0) is 48.5 Å². The monoisotopic (exact) mass is 276 g/mol. The Morgan fingerprint density at radius 2 is 1.43 bits per heavy atom. The molecule has 0 N–H and O–H groups in total. The average molecular weight is 276 g/mol. The molecule has 0 aliphatic carbocycles. The Morgan fingerprint density at radius 3 is 2.14 bits per heavy atom. The van der Waals surface area contributed by atoms with Crippen molar-refractivity contribution in [1.29, 1.82) is 0 Å². The average Bonchev–Trinajstić information content (AvgIpc) is 2.52. The summed E-state index contributed by atoms with van der Waals surface area (Å²) in [6, 6.07) is 23.4. The molecule has 0 atom stereocenters. The van der Waals surface area contributed by atoms with Crippen LogP contribution >= 0.6 is 0 Å². The molecule has 0 radical (unpaired) electrons. The molecule has 0 saturated heterocycles. The lowest BCUT2D eigenvalue weighted by Gasteiger charge is -2.05. The van der Waals surface area contributed by atoms with Gasteiger partial charge in [0.1, 0.15) is 17.0 Å². The molecule has 21 heavy (non-hydrogen) atoms. The van der Waals surface area contributed by atoms with E-state index in [2.05, 4.69) is 4.99 Å². The van der Waals surface area contributed by atoms with Gasteiger partial charge in [0.05, 0.1) is 5.69 Å². The fraction of sp³-hybridized carbons (Fsp3) is 0.0556. The highest BCUT2D eigenvalue weighted by atomic mass is 16.5. The van der Waals surface area contributed by atoms with Crippen molar-refractivity contribution in [3.05, 3.63) is 84.5 Å². The molecule has 2 aromatic carbocycles. The summed E-state index contributed by atoms with van der Waals surface area (Å²) in [5.74, 6) is 1.63. The van der Waals surface area contributed by atoms with Crippen LogP contribution in [-0.4, -0.2) is 4.57 Å². The molecule has 3 nitrogen and oxygen atoms in total. The summed E-state index contributed by atoms with van der Waals surface area (Å²) in [7, 11) is 1.98. The van der Waals surface area contributed by atoms with E-state index in [0.29, 0.717) is 0 Å². The van der Waals surface area contributed by atoms with Crippen LogP contribution in [0.2, 0.25) is 0 Å². The van der Waals surface area contributed by atoms with Crippen molar-refractivity contribution in [2.24, 2.45) is 12.0 Å². The highest BCUT2D eigenvalue weighted by molar-refractivity contribution is 5.42. The number of hydrogen-bond acceptors (Lipinski definition) is 2. The molecule has 0 spiro atoms. The summed E-state index contributed by atoms with van der Waals surface area (Å²) in [5.41, 5.74) is 1.81. The van der Waals surface area contributed by atoms with Gasteiger partial charge in [-0.1, -0.05) is 24.3 Å². The van der Waals surface area contributed by atoms with Crippen molar-refractivity contribution in [3.8, 4) is 11.5 Å². The van der Waals surface area contributed by atoms with Crippen molar-refractivity contribution in [2.45, 2.75) is 0 Å². The minimum Gasteiger partial charge on any atom is -0.457 e. The van der Waals surface area contributed by atoms with Gasteiger partial charge >= 0.3 is 0 Å². The first-order valence-corrected chi connectivity index (χ1v) is 6.81. The molecule has 0 aliphatic heterocycles. The van der Waals surface area contributed by atoms with E-state index in [4.69, 9.17) is 4.74 Å². The van der Waals surface area contributed by atoms with Crippen LogP contribution in [0.3, 0.4) is 0 Å². The molecule has 1 heterocycles. The zero-order chi connectivity index (χ0) is 14.5. The standard InChI is InChI=1S/C18H16N2O/c1-20-14-6-5-9-18(20)19-15-10-12-17(13-11-15)21-16-7-3-2-4-8-16/h2-14H,1H3. The molecule has 0 aliphatic rings. The van der Waals surface area contributed by atoms with Gasteiger partial charge in [-0.3, -0.25) is 0 Å². The minimum atomic E-state index is 0.803. The third-order valence-corrected chi connectivity index (χ3v) is 3.09. The zero-order valence-electron chi connectivity index (χ0n) is 11.8. The molecular weight excluding hydrogens is 260 g/mol. The predicted octanol–water partition coefficient (Wildman–Crippen LogP) is 4.05. The Morgan fingerprint density at radius 1 is 0.762 bits per heavy atom. The number of rotatable bonds is 3. The number of aryl methyl sites for hydroxylation is 1. The first-order chi connectivity index (χ1) is 10.3. The van der Waals surface area contributed by atoms with Crippen LogP contribution in [0.25, 0.3) is 0 Å². The summed E-state index contributed by atoms with van der Waals surface area (Å²) in [6.45, 7) is 0. The van der Waals surface area contributed by atoms with E-state index in [9.17, 15) is 0 Å². The lowest BCUT2D eigenvalue weighted by molar-refractivity contribution is 0.483. The van der Waals surface area contributed by atoms with Crippen LogP contribution in [-0.2, 0) is 7.05 Å².